The molecule has 2 heterocycles. The van der Waals surface area contributed by atoms with E-state index in [2.05, 4.69) is 15.1 Å². The fraction of sp³-hybridized carbons (Fsp3) is 0.136. The van der Waals surface area contributed by atoms with Crippen molar-refractivity contribution >= 4 is 0 Å². The maximum Gasteiger partial charge on any atom is 0.419 e. The standard InChI is InChI=1S/C22H16F4N4/c1-14-4-6-15(7-5-14)11-20-28-21(30(29-20)17-3-2-10-27-13-17)16-8-9-19(23)18(12-16)22(24,25)26/h2-10,12-13H,11H2,1H3. The van der Waals surface area contributed by atoms with Crippen molar-refractivity contribution < 1.29 is 17.6 Å². The van der Waals surface area contributed by atoms with Gasteiger partial charge >= 0.3 is 6.18 Å². The first-order chi connectivity index (χ1) is 14.3. The number of alkyl halides is 3. The van der Waals surface area contributed by atoms with Crippen LogP contribution in [0, 0.1) is 12.7 Å². The molecule has 8 heteroatoms. The molecule has 0 spiro atoms. The van der Waals surface area contributed by atoms with Gasteiger partial charge in [0.2, 0.25) is 0 Å². The van der Waals surface area contributed by atoms with E-state index in [1.165, 1.54) is 16.9 Å². The largest absolute Gasteiger partial charge is 0.419 e. The number of hydrogen-bond donors (Lipinski definition) is 0. The Morgan fingerprint density at radius 3 is 2.43 bits per heavy atom. The highest BCUT2D eigenvalue weighted by Crippen LogP contribution is 2.34. The van der Waals surface area contributed by atoms with Crippen LogP contribution >= 0.6 is 0 Å². The van der Waals surface area contributed by atoms with Gasteiger partial charge in [-0.05, 0) is 42.8 Å². The minimum absolute atomic E-state index is 0.107. The minimum atomic E-state index is -4.82. The van der Waals surface area contributed by atoms with Crippen LogP contribution in [-0.4, -0.2) is 19.7 Å². The number of aryl methyl sites for hydroxylation is 1. The van der Waals surface area contributed by atoms with Gasteiger partial charge in [0.1, 0.15) is 5.82 Å². The first kappa shape index (κ1) is 19.8. The molecule has 152 valence electrons. The summed E-state index contributed by atoms with van der Waals surface area (Å²) in [6.45, 7) is 1.98. The second-order valence-corrected chi connectivity index (χ2v) is 6.83. The molecule has 0 aliphatic rings. The van der Waals surface area contributed by atoms with E-state index in [1.54, 1.807) is 18.3 Å². The zero-order valence-electron chi connectivity index (χ0n) is 15.9. The third-order valence-electron chi connectivity index (χ3n) is 4.55. The molecule has 0 aliphatic carbocycles. The van der Waals surface area contributed by atoms with E-state index in [4.69, 9.17) is 0 Å². The predicted molar refractivity (Wildman–Crippen MR) is 104 cm³/mol. The highest BCUT2D eigenvalue weighted by molar-refractivity contribution is 5.59. The van der Waals surface area contributed by atoms with Crippen LogP contribution in [-0.2, 0) is 12.6 Å². The summed E-state index contributed by atoms with van der Waals surface area (Å²) in [5, 5.41) is 4.48. The summed E-state index contributed by atoms with van der Waals surface area (Å²) in [6.07, 6.45) is -1.31. The first-order valence-electron chi connectivity index (χ1n) is 9.10. The number of benzene rings is 2. The van der Waals surface area contributed by atoms with Crippen LogP contribution in [0.2, 0.25) is 0 Å². The highest BCUT2D eigenvalue weighted by atomic mass is 19.4. The third-order valence-corrected chi connectivity index (χ3v) is 4.55. The molecule has 0 fully saturated rings. The van der Waals surface area contributed by atoms with E-state index in [9.17, 15) is 17.6 Å². The number of halogens is 4. The predicted octanol–water partition coefficient (Wildman–Crippen LogP) is 5.39. The Morgan fingerprint density at radius 1 is 1.00 bits per heavy atom. The van der Waals surface area contributed by atoms with Gasteiger partial charge in [-0.25, -0.2) is 14.1 Å². The second-order valence-electron chi connectivity index (χ2n) is 6.83. The topological polar surface area (TPSA) is 43.6 Å². The zero-order valence-corrected chi connectivity index (χ0v) is 15.9. The molecule has 0 atom stereocenters. The Bertz CT molecular complexity index is 1170. The number of rotatable bonds is 4. The van der Waals surface area contributed by atoms with E-state index < -0.39 is 17.6 Å². The van der Waals surface area contributed by atoms with Gasteiger partial charge in [0.05, 0.1) is 17.4 Å². The summed E-state index contributed by atoms with van der Waals surface area (Å²) in [5.74, 6) is -0.732. The molecule has 0 bridgehead atoms. The number of nitrogens with zero attached hydrogens (tertiary/aromatic N) is 4. The lowest BCUT2D eigenvalue weighted by atomic mass is 10.1. The Hall–Kier alpha value is -3.55. The zero-order chi connectivity index (χ0) is 21.3. The van der Waals surface area contributed by atoms with E-state index in [0.29, 0.717) is 17.9 Å². The quantitative estimate of drug-likeness (QED) is 0.423. The van der Waals surface area contributed by atoms with Gasteiger partial charge in [0.25, 0.3) is 0 Å². The van der Waals surface area contributed by atoms with Crippen LogP contribution in [0.3, 0.4) is 0 Å². The van der Waals surface area contributed by atoms with Gasteiger partial charge in [0.15, 0.2) is 11.6 Å². The summed E-state index contributed by atoms with van der Waals surface area (Å²) >= 11 is 0. The highest BCUT2D eigenvalue weighted by Gasteiger charge is 2.34. The molecule has 4 aromatic rings. The molecule has 0 amide bonds. The fourth-order valence-electron chi connectivity index (χ4n) is 3.05. The van der Waals surface area contributed by atoms with Crippen LogP contribution < -0.4 is 0 Å². The van der Waals surface area contributed by atoms with Gasteiger partial charge in [-0.2, -0.15) is 18.3 Å². The van der Waals surface area contributed by atoms with Crippen molar-refractivity contribution in [2.45, 2.75) is 19.5 Å². The molecule has 2 aromatic heterocycles. The van der Waals surface area contributed by atoms with Gasteiger partial charge in [0, 0.05) is 18.2 Å². The average Bonchev–Trinajstić information content (AvgIpc) is 3.14. The minimum Gasteiger partial charge on any atom is -0.262 e. The van der Waals surface area contributed by atoms with Crippen molar-refractivity contribution in [3.8, 4) is 17.1 Å². The fourth-order valence-corrected chi connectivity index (χ4v) is 3.05. The van der Waals surface area contributed by atoms with E-state index in [1.807, 2.05) is 31.2 Å². The van der Waals surface area contributed by atoms with Crippen molar-refractivity contribution in [1.82, 2.24) is 19.7 Å². The first-order valence-corrected chi connectivity index (χ1v) is 9.10. The smallest absolute Gasteiger partial charge is 0.262 e. The molecule has 4 rings (SSSR count). The molecule has 2 aromatic carbocycles. The summed E-state index contributed by atoms with van der Waals surface area (Å²) in [4.78, 5) is 8.50. The molecular formula is C22H16F4N4. The normalized spacial score (nSPS) is 11.6. The second kappa shape index (κ2) is 7.70. The van der Waals surface area contributed by atoms with Crippen LogP contribution in [0.1, 0.15) is 22.5 Å². The molecule has 0 aliphatic heterocycles. The molecule has 0 saturated carbocycles. The Balaban J connectivity index is 1.82. The lowest BCUT2D eigenvalue weighted by molar-refractivity contribution is -0.139. The molecule has 0 unspecified atom stereocenters. The SMILES string of the molecule is Cc1ccc(Cc2nc(-c3ccc(F)c(C(F)(F)F)c3)n(-c3cccnc3)n2)cc1. The van der Waals surface area contributed by atoms with E-state index >= 15 is 0 Å². The molecule has 4 nitrogen and oxygen atoms in total. The molecule has 30 heavy (non-hydrogen) atoms. The third kappa shape index (κ3) is 4.07. The van der Waals surface area contributed by atoms with E-state index in [0.717, 1.165) is 23.3 Å². The summed E-state index contributed by atoms with van der Waals surface area (Å²) in [6, 6.07) is 14.0. The molecular weight excluding hydrogens is 396 g/mol. The Labute approximate surface area is 169 Å². The maximum atomic E-state index is 13.8. The van der Waals surface area contributed by atoms with Crippen molar-refractivity contribution in [1.29, 1.82) is 0 Å². The average molecular weight is 412 g/mol. The van der Waals surface area contributed by atoms with Crippen LogP contribution in [0.15, 0.2) is 67.0 Å². The lowest BCUT2D eigenvalue weighted by Crippen LogP contribution is -2.09. The van der Waals surface area contributed by atoms with E-state index in [-0.39, 0.29) is 11.4 Å². The van der Waals surface area contributed by atoms with Gasteiger partial charge in [-0.15, -0.1) is 0 Å². The lowest BCUT2D eigenvalue weighted by Gasteiger charge is -2.10. The van der Waals surface area contributed by atoms with Crippen molar-refractivity contribution in [2.75, 3.05) is 0 Å². The number of pyridine rings is 1. The Kier molecular flexibility index (Phi) is 5.07. The van der Waals surface area contributed by atoms with Gasteiger partial charge in [-0.3, -0.25) is 4.98 Å². The van der Waals surface area contributed by atoms with Gasteiger partial charge in [-0.1, -0.05) is 29.8 Å². The van der Waals surface area contributed by atoms with Crippen LogP contribution in [0.25, 0.3) is 17.1 Å². The summed E-state index contributed by atoms with van der Waals surface area (Å²) in [7, 11) is 0. The molecule has 0 radical (unpaired) electrons. The monoisotopic (exact) mass is 412 g/mol. The van der Waals surface area contributed by atoms with Gasteiger partial charge < -0.3 is 0 Å². The molecule has 0 saturated heterocycles. The van der Waals surface area contributed by atoms with Crippen LogP contribution in [0.4, 0.5) is 17.6 Å². The van der Waals surface area contributed by atoms with Crippen molar-refractivity contribution in [3.05, 3.63) is 95.3 Å². The summed E-state index contributed by atoms with van der Waals surface area (Å²) < 4.78 is 54.8. The van der Waals surface area contributed by atoms with Crippen molar-refractivity contribution in [3.63, 3.8) is 0 Å². The van der Waals surface area contributed by atoms with Crippen LogP contribution in [0.5, 0.6) is 0 Å². The maximum absolute atomic E-state index is 13.8. The molecule has 0 N–H and O–H groups in total. The van der Waals surface area contributed by atoms with Crippen molar-refractivity contribution in [2.24, 2.45) is 0 Å². The number of aromatic nitrogens is 4. The Morgan fingerprint density at radius 2 is 1.77 bits per heavy atom. The summed E-state index contributed by atoms with van der Waals surface area (Å²) in [5.41, 5.74) is 1.37. The number of hydrogen-bond acceptors (Lipinski definition) is 3.